The van der Waals surface area contributed by atoms with Gasteiger partial charge in [-0.1, -0.05) is 0 Å². The SMILES string of the molecule is CCOC(=O)c1cn2c(cc1=O)-c1cc(OC)c(OCC(F)(F)CO)cc1CC21CCC1. The maximum Gasteiger partial charge on any atom is 0.343 e. The predicted octanol–water partition coefficient (Wildman–Crippen LogP) is 3.14. The summed E-state index contributed by atoms with van der Waals surface area (Å²) in [5.74, 6) is -3.65. The summed E-state index contributed by atoms with van der Waals surface area (Å²) in [4.78, 5) is 25.0. The van der Waals surface area contributed by atoms with Crippen molar-refractivity contribution in [3.8, 4) is 22.8 Å². The van der Waals surface area contributed by atoms with E-state index in [0.717, 1.165) is 24.8 Å². The maximum absolute atomic E-state index is 13.5. The molecule has 0 atom stereocenters. The highest BCUT2D eigenvalue weighted by Gasteiger charge is 2.44. The molecule has 2 aliphatic rings. The Bertz CT molecular complexity index is 1110. The van der Waals surface area contributed by atoms with Gasteiger partial charge >= 0.3 is 11.9 Å². The number of aromatic nitrogens is 1. The molecule has 1 aromatic heterocycles. The van der Waals surface area contributed by atoms with Crippen molar-refractivity contribution in [1.82, 2.24) is 4.57 Å². The lowest BCUT2D eigenvalue weighted by Gasteiger charge is -2.48. The minimum atomic E-state index is -3.38. The molecular formula is C23H25F2NO6. The Morgan fingerprint density at radius 3 is 2.59 bits per heavy atom. The van der Waals surface area contributed by atoms with E-state index in [1.165, 1.54) is 13.2 Å². The lowest BCUT2D eigenvalue weighted by Crippen LogP contribution is -2.46. The van der Waals surface area contributed by atoms with Crippen molar-refractivity contribution >= 4 is 5.97 Å². The molecule has 0 radical (unpaired) electrons. The van der Waals surface area contributed by atoms with Crippen molar-refractivity contribution < 1.29 is 32.9 Å². The van der Waals surface area contributed by atoms with Gasteiger partial charge in [0, 0.05) is 23.4 Å². The minimum Gasteiger partial charge on any atom is -0.493 e. The molecule has 1 aliphatic heterocycles. The molecule has 0 saturated heterocycles. The summed E-state index contributed by atoms with van der Waals surface area (Å²) in [5.41, 5.74) is 1.43. The number of rotatable bonds is 7. The van der Waals surface area contributed by atoms with Gasteiger partial charge in [-0.2, -0.15) is 0 Å². The van der Waals surface area contributed by atoms with E-state index in [1.807, 2.05) is 4.57 Å². The molecule has 4 rings (SSSR count). The molecule has 1 N–H and O–H groups in total. The molecule has 0 amide bonds. The number of fused-ring (bicyclic) bond motifs is 4. The molecular weight excluding hydrogens is 424 g/mol. The Kier molecular flexibility index (Phi) is 5.70. The average molecular weight is 449 g/mol. The Hall–Kier alpha value is -2.94. The molecule has 1 fully saturated rings. The normalized spacial score (nSPS) is 16.0. The molecule has 7 nitrogen and oxygen atoms in total. The van der Waals surface area contributed by atoms with E-state index in [2.05, 4.69) is 0 Å². The zero-order valence-electron chi connectivity index (χ0n) is 18.0. The summed E-state index contributed by atoms with van der Waals surface area (Å²) in [6.07, 6.45) is 4.89. The first-order valence-electron chi connectivity index (χ1n) is 10.5. The number of alkyl halides is 2. The zero-order valence-corrected chi connectivity index (χ0v) is 18.0. The van der Waals surface area contributed by atoms with Crippen LogP contribution in [0.25, 0.3) is 11.3 Å². The fraction of sp³-hybridized carbons (Fsp3) is 0.478. The first-order valence-corrected chi connectivity index (χ1v) is 10.5. The molecule has 1 aliphatic carbocycles. The molecule has 172 valence electrons. The third kappa shape index (κ3) is 3.74. The number of halogens is 2. The number of carbonyl (C=O) groups is 1. The number of aliphatic hydroxyl groups is 1. The number of hydrogen-bond acceptors (Lipinski definition) is 6. The van der Waals surface area contributed by atoms with Gasteiger partial charge in [-0.15, -0.1) is 0 Å². The van der Waals surface area contributed by atoms with Crippen molar-refractivity contribution in [1.29, 1.82) is 0 Å². The first-order chi connectivity index (χ1) is 15.2. The molecule has 2 aromatic rings. The van der Waals surface area contributed by atoms with Crippen molar-refractivity contribution in [2.45, 2.75) is 44.1 Å². The molecule has 2 heterocycles. The number of carbonyl (C=O) groups excluding carboxylic acids is 1. The summed E-state index contributed by atoms with van der Waals surface area (Å²) in [5, 5.41) is 8.80. The highest BCUT2D eigenvalue weighted by molar-refractivity contribution is 5.89. The molecule has 32 heavy (non-hydrogen) atoms. The van der Waals surface area contributed by atoms with Crippen LogP contribution in [0.2, 0.25) is 0 Å². The van der Waals surface area contributed by atoms with Gasteiger partial charge in [-0.25, -0.2) is 13.6 Å². The molecule has 1 spiro atoms. The Morgan fingerprint density at radius 1 is 1.25 bits per heavy atom. The van der Waals surface area contributed by atoms with Crippen LogP contribution >= 0.6 is 0 Å². The number of esters is 1. The van der Waals surface area contributed by atoms with Gasteiger partial charge in [0.05, 0.1) is 19.4 Å². The van der Waals surface area contributed by atoms with Crippen molar-refractivity contribution in [3.63, 3.8) is 0 Å². The number of aliphatic hydroxyl groups excluding tert-OH is 1. The summed E-state index contributed by atoms with van der Waals surface area (Å²) < 4.78 is 44.7. The van der Waals surface area contributed by atoms with Crippen molar-refractivity contribution in [3.05, 3.63) is 45.7 Å². The Labute approximate surface area is 183 Å². The lowest BCUT2D eigenvalue weighted by atomic mass is 9.69. The molecule has 9 heteroatoms. The van der Waals surface area contributed by atoms with E-state index in [1.54, 1.807) is 25.3 Å². The van der Waals surface area contributed by atoms with E-state index < -0.39 is 30.5 Å². The molecule has 0 bridgehead atoms. The predicted molar refractivity (Wildman–Crippen MR) is 112 cm³/mol. The topological polar surface area (TPSA) is 87.0 Å². The van der Waals surface area contributed by atoms with Gasteiger partial charge in [0.1, 0.15) is 12.2 Å². The van der Waals surface area contributed by atoms with Crippen LogP contribution in [0.15, 0.2) is 29.2 Å². The van der Waals surface area contributed by atoms with E-state index in [0.29, 0.717) is 17.7 Å². The summed E-state index contributed by atoms with van der Waals surface area (Å²) in [6, 6.07) is 4.74. The number of nitrogens with zero attached hydrogens (tertiary/aromatic N) is 1. The second kappa shape index (κ2) is 8.20. The fourth-order valence-electron chi connectivity index (χ4n) is 4.43. The monoisotopic (exact) mass is 449 g/mol. The maximum atomic E-state index is 13.5. The van der Waals surface area contributed by atoms with Gasteiger partial charge in [0.25, 0.3) is 0 Å². The van der Waals surface area contributed by atoms with Crippen LogP contribution in [0, 0.1) is 0 Å². The van der Waals surface area contributed by atoms with E-state index >= 15 is 0 Å². The van der Waals surface area contributed by atoms with Gasteiger partial charge in [0.2, 0.25) is 0 Å². The lowest BCUT2D eigenvalue weighted by molar-refractivity contribution is -0.0804. The van der Waals surface area contributed by atoms with Gasteiger partial charge in [-0.05, 0) is 50.3 Å². The standard InChI is InChI=1S/C23H25F2NO6/c1-3-31-21(29)16-11-26-17(9-18(16)28)15-8-19(30-2)20(32-13-23(24,25)12-27)7-14(15)10-22(26)5-4-6-22/h7-9,11,27H,3-6,10,12-13H2,1-2H3. The Balaban J connectivity index is 1.82. The zero-order chi connectivity index (χ0) is 23.1. The Morgan fingerprint density at radius 2 is 2.00 bits per heavy atom. The van der Waals surface area contributed by atoms with Crippen LogP contribution in [-0.2, 0) is 16.7 Å². The average Bonchev–Trinajstić information content (AvgIpc) is 2.75. The molecule has 1 saturated carbocycles. The number of benzene rings is 1. The quantitative estimate of drug-likeness (QED) is 0.654. The van der Waals surface area contributed by atoms with E-state index in [-0.39, 0.29) is 29.2 Å². The third-order valence-electron chi connectivity index (χ3n) is 6.20. The van der Waals surface area contributed by atoms with Crippen molar-refractivity contribution in [2.24, 2.45) is 0 Å². The van der Waals surface area contributed by atoms with Crippen LogP contribution < -0.4 is 14.9 Å². The minimum absolute atomic E-state index is 0.0107. The summed E-state index contributed by atoms with van der Waals surface area (Å²) in [7, 11) is 1.39. The number of pyridine rings is 1. The summed E-state index contributed by atoms with van der Waals surface area (Å²) in [6.45, 7) is -0.450. The number of ether oxygens (including phenoxy) is 3. The van der Waals surface area contributed by atoms with Crippen LogP contribution in [-0.4, -0.2) is 48.5 Å². The first kappa shape index (κ1) is 22.3. The van der Waals surface area contributed by atoms with E-state index in [9.17, 15) is 18.4 Å². The molecule has 1 aromatic carbocycles. The smallest absolute Gasteiger partial charge is 0.343 e. The van der Waals surface area contributed by atoms with Crippen molar-refractivity contribution in [2.75, 3.05) is 26.9 Å². The largest absolute Gasteiger partial charge is 0.493 e. The summed E-state index contributed by atoms with van der Waals surface area (Å²) >= 11 is 0. The van der Waals surface area contributed by atoms with Gasteiger partial charge in [0.15, 0.2) is 23.5 Å². The van der Waals surface area contributed by atoms with Gasteiger partial charge < -0.3 is 23.9 Å². The highest BCUT2D eigenvalue weighted by atomic mass is 19.3. The van der Waals surface area contributed by atoms with Crippen LogP contribution in [0.3, 0.4) is 0 Å². The highest BCUT2D eigenvalue weighted by Crippen LogP contribution is 2.50. The van der Waals surface area contributed by atoms with Gasteiger partial charge in [-0.3, -0.25) is 4.79 Å². The second-order valence-corrected chi connectivity index (χ2v) is 8.24. The van der Waals surface area contributed by atoms with E-state index in [4.69, 9.17) is 19.3 Å². The second-order valence-electron chi connectivity index (χ2n) is 8.24. The van der Waals surface area contributed by atoms with Crippen LogP contribution in [0.5, 0.6) is 11.5 Å². The third-order valence-corrected chi connectivity index (χ3v) is 6.20. The number of methoxy groups -OCH3 is 1. The van der Waals surface area contributed by atoms with Crippen LogP contribution in [0.1, 0.15) is 42.1 Å². The fourth-order valence-corrected chi connectivity index (χ4v) is 4.43. The van der Waals surface area contributed by atoms with Crippen LogP contribution in [0.4, 0.5) is 8.78 Å². The molecule has 0 unspecified atom stereocenters. The number of hydrogen-bond donors (Lipinski definition) is 1.